The van der Waals surface area contributed by atoms with Crippen molar-refractivity contribution in [3.05, 3.63) is 35.1 Å². The second-order valence-electron chi connectivity index (χ2n) is 2.75. The summed E-state index contributed by atoms with van der Waals surface area (Å²) in [5.41, 5.74) is 1.000. The van der Waals surface area contributed by atoms with Crippen LogP contribution in [0.15, 0.2) is 18.2 Å². The SMILES string of the molecule is OCc1ccc(F)c(C#CCCS)c1. The Balaban J connectivity index is 2.91. The van der Waals surface area contributed by atoms with Gasteiger partial charge in [-0.1, -0.05) is 17.9 Å². The molecule has 0 radical (unpaired) electrons. The van der Waals surface area contributed by atoms with E-state index in [2.05, 4.69) is 24.5 Å². The zero-order valence-corrected chi connectivity index (χ0v) is 8.52. The van der Waals surface area contributed by atoms with Gasteiger partial charge in [-0.05, 0) is 17.7 Å². The highest BCUT2D eigenvalue weighted by molar-refractivity contribution is 7.80. The van der Waals surface area contributed by atoms with E-state index in [1.807, 2.05) is 0 Å². The highest BCUT2D eigenvalue weighted by Gasteiger charge is 1.99. The van der Waals surface area contributed by atoms with Gasteiger partial charge in [0.1, 0.15) is 5.82 Å². The van der Waals surface area contributed by atoms with E-state index in [0.29, 0.717) is 23.3 Å². The first-order chi connectivity index (χ1) is 6.77. The lowest BCUT2D eigenvalue weighted by atomic mass is 10.1. The van der Waals surface area contributed by atoms with Gasteiger partial charge in [-0.25, -0.2) is 4.39 Å². The van der Waals surface area contributed by atoms with Gasteiger partial charge in [-0.2, -0.15) is 12.6 Å². The molecule has 0 spiro atoms. The number of halogens is 1. The molecule has 0 saturated heterocycles. The molecule has 1 nitrogen and oxygen atoms in total. The standard InChI is InChI=1S/C11H11FOS/c12-11-5-4-9(8-13)7-10(11)3-1-2-6-14/h4-5,7,13-14H,2,6,8H2. The van der Waals surface area contributed by atoms with Crippen molar-refractivity contribution < 1.29 is 9.50 Å². The molecule has 0 aliphatic rings. The third kappa shape index (κ3) is 3.06. The number of thiol groups is 1. The summed E-state index contributed by atoms with van der Waals surface area (Å²) in [6.07, 6.45) is 0.631. The molecule has 1 aromatic rings. The van der Waals surface area contributed by atoms with Crippen LogP contribution in [0.25, 0.3) is 0 Å². The van der Waals surface area contributed by atoms with E-state index in [1.54, 1.807) is 12.1 Å². The molecule has 1 N–H and O–H groups in total. The first-order valence-electron chi connectivity index (χ1n) is 4.27. The topological polar surface area (TPSA) is 20.2 Å². The van der Waals surface area contributed by atoms with Crippen LogP contribution in [0.5, 0.6) is 0 Å². The Hall–Kier alpha value is -0.980. The average Bonchev–Trinajstić information content (AvgIpc) is 2.21. The van der Waals surface area contributed by atoms with Crippen molar-refractivity contribution in [1.82, 2.24) is 0 Å². The molecule has 3 heteroatoms. The number of aliphatic hydroxyl groups is 1. The Morgan fingerprint density at radius 1 is 1.43 bits per heavy atom. The molecule has 0 saturated carbocycles. The first-order valence-corrected chi connectivity index (χ1v) is 4.90. The van der Waals surface area contributed by atoms with Gasteiger partial charge in [0.2, 0.25) is 0 Å². The smallest absolute Gasteiger partial charge is 0.138 e. The van der Waals surface area contributed by atoms with E-state index in [1.165, 1.54) is 6.07 Å². The molecule has 1 rings (SSSR count). The lowest BCUT2D eigenvalue weighted by Crippen LogP contribution is -1.88. The third-order valence-corrected chi connectivity index (χ3v) is 1.90. The lowest BCUT2D eigenvalue weighted by molar-refractivity contribution is 0.281. The van der Waals surface area contributed by atoms with Crippen LogP contribution in [0.2, 0.25) is 0 Å². The molecule has 0 aliphatic heterocycles. The predicted octanol–water partition coefficient (Wildman–Crippen LogP) is 1.99. The second kappa shape index (κ2) is 5.69. The van der Waals surface area contributed by atoms with Crippen molar-refractivity contribution >= 4 is 12.6 Å². The predicted molar refractivity (Wildman–Crippen MR) is 57.7 cm³/mol. The molecule has 0 bridgehead atoms. The summed E-state index contributed by atoms with van der Waals surface area (Å²) in [5.74, 6) is 5.81. The van der Waals surface area contributed by atoms with E-state index >= 15 is 0 Å². The Bertz CT molecular complexity index is 365. The van der Waals surface area contributed by atoms with Crippen molar-refractivity contribution in [2.45, 2.75) is 13.0 Å². The van der Waals surface area contributed by atoms with Crippen LogP contribution >= 0.6 is 12.6 Å². The van der Waals surface area contributed by atoms with Crippen molar-refractivity contribution in [3.8, 4) is 11.8 Å². The molecule has 0 aliphatic carbocycles. The Kier molecular flexibility index (Phi) is 4.51. The lowest BCUT2D eigenvalue weighted by Gasteiger charge is -1.98. The molecular weight excluding hydrogens is 199 g/mol. The molecule has 0 unspecified atom stereocenters. The molecule has 1 aromatic carbocycles. The monoisotopic (exact) mass is 210 g/mol. The van der Waals surface area contributed by atoms with Gasteiger partial charge < -0.3 is 5.11 Å². The highest BCUT2D eigenvalue weighted by atomic mass is 32.1. The summed E-state index contributed by atoms with van der Waals surface area (Å²) in [7, 11) is 0. The van der Waals surface area contributed by atoms with Crippen LogP contribution in [-0.4, -0.2) is 10.9 Å². The van der Waals surface area contributed by atoms with E-state index < -0.39 is 0 Å². The fourth-order valence-electron chi connectivity index (χ4n) is 0.980. The van der Waals surface area contributed by atoms with Gasteiger partial charge in [0, 0.05) is 12.2 Å². The summed E-state index contributed by atoms with van der Waals surface area (Å²) in [6.45, 7) is -0.0957. The first kappa shape index (κ1) is 11.1. The summed E-state index contributed by atoms with van der Waals surface area (Å²) in [5, 5.41) is 8.84. The Morgan fingerprint density at radius 2 is 2.21 bits per heavy atom. The number of benzene rings is 1. The minimum Gasteiger partial charge on any atom is -0.392 e. The van der Waals surface area contributed by atoms with Gasteiger partial charge in [-0.3, -0.25) is 0 Å². The number of rotatable bonds is 2. The van der Waals surface area contributed by atoms with Crippen LogP contribution in [0.3, 0.4) is 0 Å². The molecule has 14 heavy (non-hydrogen) atoms. The molecule has 0 amide bonds. The van der Waals surface area contributed by atoms with Crippen LogP contribution in [0.1, 0.15) is 17.5 Å². The van der Waals surface area contributed by atoms with Crippen molar-refractivity contribution in [3.63, 3.8) is 0 Å². The van der Waals surface area contributed by atoms with Gasteiger partial charge in [-0.15, -0.1) is 0 Å². The van der Waals surface area contributed by atoms with Gasteiger partial charge >= 0.3 is 0 Å². The van der Waals surface area contributed by atoms with E-state index in [9.17, 15) is 4.39 Å². The maximum absolute atomic E-state index is 13.1. The largest absolute Gasteiger partial charge is 0.392 e. The Labute approximate surface area is 88.4 Å². The van der Waals surface area contributed by atoms with Gasteiger partial charge in [0.15, 0.2) is 0 Å². The summed E-state index contributed by atoms with van der Waals surface area (Å²) in [6, 6.07) is 4.41. The Morgan fingerprint density at radius 3 is 2.86 bits per heavy atom. The maximum Gasteiger partial charge on any atom is 0.138 e. The van der Waals surface area contributed by atoms with Crippen LogP contribution < -0.4 is 0 Å². The molecule has 0 heterocycles. The number of aliphatic hydroxyl groups excluding tert-OH is 1. The van der Waals surface area contributed by atoms with Gasteiger partial charge in [0.25, 0.3) is 0 Å². The van der Waals surface area contributed by atoms with E-state index in [0.717, 1.165) is 0 Å². The minimum atomic E-state index is -0.353. The summed E-state index contributed by atoms with van der Waals surface area (Å²) >= 11 is 4.00. The fraction of sp³-hybridized carbons (Fsp3) is 0.273. The molecule has 74 valence electrons. The van der Waals surface area contributed by atoms with Crippen molar-refractivity contribution in [1.29, 1.82) is 0 Å². The third-order valence-electron chi connectivity index (χ3n) is 1.67. The van der Waals surface area contributed by atoms with Crippen molar-refractivity contribution in [2.24, 2.45) is 0 Å². The average molecular weight is 210 g/mol. The quantitative estimate of drug-likeness (QED) is 0.565. The van der Waals surface area contributed by atoms with Gasteiger partial charge in [0.05, 0.1) is 12.2 Å². The maximum atomic E-state index is 13.1. The normalized spacial score (nSPS) is 9.36. The highest BCUT2D eigenvalue weighted by Crippen LogP contribution is 2.09. The number of hydrogen-bond acceptors (Lipinski definition) is 2. The van der Waals surface area contributed by atoms with Crippen LogP contribution in [0.4, 0.5) is 4.39 Å². The summed E-state index contributed by atoms with van der Waals surface area (Å²) < 4.78 is 13.1. The van der Waals surface area contributed by atoms with E-state index in [4.69, 9.17) is 5.11 Å². The summed E-state index contributed by atoms with van der Waals surface area (Å²) in [4.78, 5) is 0. The fourth-order valence-corrected chi connectivity index (χ4v) is 1.09. The van der Waals surface area contributed by atoms with Crippen LogP contribution in [-0.2, 0) is 6.61 Å². The molecule has 0 aromatic heterocycles. The second-order valence-corrected chi connectivity index (χ2v) is 3.19. The zero-order chi connectivity index (χ0) is 10.4. The number of hydrogen-bond donors (Lipinski definition) is 2. The minimum absolute atomic E-state index is 0.0957. The van der Waals surface area contributed by atoms with E-state index in [-0.39, 0.29) is 12.4 Å². The molecule has 0 fully saturated rings. The molecular formula is C11H11FOS. The molecule has 0 atom stereocenters. The van der Waals surface area contributed by atoms with Crippen molar-refractivity contribution in [2.75, 3.05) is 5.75 Å². The zero-order valence-electron chi connectivity index (χ0n) is 7.63. The van der Waals surface area contributed by atoms with Crippen LogP contribution in [0, 0.1) is 17.7 Å².